The SMILES string of the molecule is CC(C)CNCc1cnn(C2CCS(=O)(=O)C2)c1. The van der Waals surface area contributed by atoms with Crippen molar-refractivity contribution in [2.24, 2.45) is 5.92 Å². The van der Waals surface area contributed by atoms with Crippen molar-refractivity contribution in [2.45, 2.75) is 32.9 Å². The van der Waals surface area contributed by atoms with Gasteiger partial charge in [-0.2, -0.15) is 5.10 Å². The molecule has 0 bridgehead atoms. The molecule has 5 nitrogen and oxygen atoms in total. The minimum atomic E-state index is -2.84. The molecule has 0 spiro atoms. The average Bonchev–Trinajstić information content (AvgIpc) is 2.84. The number of nitrogens with zero attached hydrogens (tertiary/aromatic N) is 2. The highest BCUT2D eigenvalue weighted by Crippen LogP contribution is 2.22. The van der Waals surface area contributed by atoms with Gasteiger partial charge in [-0.3, -0.25) is 4.68 Å². The predicted molar refractivity (Wildman–Crippen MR) is 71.1 cm³/mol. The van der Waals surface area contributed by atoms with Crippen molar-refractivity contribution in [1.29, 1.82) is 0 Å². The number of rotatable bonds is 5. The van der Waals surface area contributed by atoms with Crippen LogP contribution in [0.1, 0.15) is 31.9 Å². The van der Waals surface area contributed by atoms with Crippen molar-refractivity contribution >= 4 is 9.84 Å². The van der Waals surface area contributed by atoms with Gasteiger partial charge in [0.2, 0.25) is 0 Å². The van der Waals surface area contributed by atoms with Crippen molar-refractivity contribution in [3.63, 3.8) is 0 Å². The average molecular weight is 271 g/mol. The van der Waals surface area contributed by atoms with Crippen LogP contribution in [0.5, 0.6) is 0 Å². The second kappa shape index (κ2) is 5.40. The van der Waals surface area contributed by atoms with Gasteiger partial charge in [-0.1, -0.05) is 13.8 Å². The van der Waals surface area contributed by atoms with Gasteiger partial charge in [-0.25, -0.2) is 8.42 Å². The first-order valence-corrected chi connectivity index (χ1v) is 8.22. The summed E-state index contributed by atoms with van der Waals surface area (Å²) in [5, 5.41) is 7.62. The van der Waals surface area contributed by atoms with E-state index in [1.165, 1.54) is 0 Å². The number of nitrogens with one attached hydrogen (secondary N) is 1. The summed E-state index contributed by atoms with van der Waals surface area (Å²) in [6.07, 6.45) is 4.46. The number of hydrogen-bond acceptors (Lipinski definition) is 4. The zero-order valence-electron chi connectivity index (χ0n) is 11.0. The summed E-state index contributed by atoms with van der Waals surface area (Å²) in [6.45, 7) is 6.10. The summed E-state index contributed by atoms with van der Waals surface area (Å²) < 4.78 is 24.6. The molecule has 1 fully saturated rings. The summed E-state index contributed by atoms with van der Waals surface area (Å²) in [6, 6.07) is 0.0221. The minimum Gasteiger partial charge on any atom is -0.312 e. The molecule has 0 amide bonds. The first-order valence-electron chi connectivity index (χ1n) is 6.40. The molecule has 102 valence electrons. The second-order valence-electron chi connectivity index (χ2n) is 5.41. The molecule has 1 aromatic rings. The lowest BCUT2D eigenvalue weighted by molar-refractivity contribution is 0.498. The molecule has 2 heterocycles. The van der Waals surface area contributed by atoms with Crippen LogP contribution in [-0.4, -0.2) is 36.2 Å². The van der Waals surface area contributed by atoms with E-state index in [1.54, 1.807) is 4.68 Å². The molecule has 18 heavy (non-hydrogen) atoms. The summed E-state index contributed by atoms with van der Waals surface area (Å²) >= 11 is 0. The van der Waals surface area contributed by atoms with Gasteiger partial charge in [0.05, 0.1) is 23.7 Å². The molecule has 1 saturated heterocycles. The first kappa shape index (κ1) is 13.5. The van der Waals surface area contributed by atoms with Gasteiger partial charge in [-0.15, -0.1) is 0 Å². The Morgan fingerprint density at radius 2 is 2.33 bits per heavy atom. The summed E-state index contributed by atoms with van der Waals surface area (Å²) in [5.74, 6) is 1.14. The topological polar surface area (TPSA) is 64.0 Å². The van der Waals surface area contributed by atoms with Crippen molar-refractivity contribution in [3.05, 3.63) is 18.0 Å². The van der Waals surface area contributed by atoms with Crippen LogP contribution in [0.4, 0.5) is 0 Å². The molecule has 1 aliphatic rings. The van der Waals surface area contributed by atoms with E-state index in [-0.39, 0.29) is 11.8 Å². The number of sulfone groups is 1. The largest absolute Gasteiger partial charge is 0.312 e. The minimum absolute atomic E-state index is 0.0221. The second-order valence-corrected chi connectivity index (χ2v) is 7.64. The Labute approximate surface area is 108 Å². The molecule has 0 aliphatic carbocycles. The lowest BCUT2D eigenvalue weighted by Gasteiger charge is -2.07. The van der Waals surface area contributed by atoms with E-state index in [2.05, 4.69) is 24.3 Å². The van der Waals surface area contributed by atoms with Gasteiger partial charge in [0.25, 0.3) is 0 Å². The monoisotopic (exact) mass is 271 g/mol. The van der Waals surface area contributed by atoms with Crippen molar-refractivity contribution in [2.75, 3.05) is 18.1 Å². The maximum Gasteiger partial charge on any atom is 0.152 e. The highest BCUT2D eigenvalue weighted by molar-refractivity contribution is 7.91. The van der Waals surface area contributed by atoms with E-state index < -0.39 is 9.84 Å². The Balaban J connectivity index is 1.90. The molecule has 1 atom stereocenters. The van der Waals surface area contributed by atoms with E-state index in [1.807, 2.05) is 12.4 Å². The molecule has 1 aliphatic heterocycles. The van der Waals surface area contributed by atoms with E-state index in [0.717, 1.165) is 18.7 Å². The van der Waals surface area contributed by atoms with Crippen LogP contribution in [0.3, 0.4) is 0 Å². The zero-order valence-corrected chi connectivity index (χ0v) is 11.8. The smallest absolute Gasteiger partial charge is 0.152 e. The summed E-state index contributed by atoms with van der Waals surface area (Å²) in [7, 11) is -2.84. The van der Waals surface area contributed by atoms with Crippen LogP contribution in [-0.2, 0) is 16.4 Å². The van der Waals surface area contributed by atoms with Gasteiger partial charge < -0.3 is 5.32 Å². The van der Waals surface area contributed by atoms with E-state index in [0.29, 0.717) is 18.1 Å². The molecule has 2 rings (SSSR count). The number of hydrogen-bond donors (Lipinski definition) is 1. The molecule has 0 aromatic carbocycles. The summed E-state index contributed by atoms with van der Waals surface area (Å²) in [5.41, 5.74) is 1.11. The first-order chi connectivity index (χ1) is 8.46. The van der Waals surface area contributed by atoms with Crippen molar-refractivity contribution in [3.8, 4) is 0 Å². The van der Waals surface area contributed by atoms with E-state index in [4.69, 9.17) is 0 Å². The van der Waals surface area contributed by atoms with E-state index >= 15 is 0 Å². The Bertz CT molecular complexity index is 493. The lowest BCUT2D eigenvalue weighted by atomic mass is 10.2. The van der Waals surface area contributed by atoms with Gasteiger partial charge in [0.15, 0.2) is 9.84 Å². The quantitative estimate of drug-likeness (QED) is 0.867. The molecule has 1 N–H and O–H groups in total. The highest BCUT2D eigenvalue weighted by atomic mass is 32.2. The normalized spacial score (nSPS) is 22.7. The molecule has 0 radical (unpaired) electrons. The molecule has 0 saturated carbocycles. The fraction of sp³-hybridized carbons (Fsp3) is 0.750. The standard InChI is InChI=1S/C12H21N3O2S/c1-10(2)5-13-6-11-7-14-15(8-11)12-3-4-18(16,17)9-12/h7-8,10,12-13H,3-6,9H2,1-2H3. The van der Waals surface area contributed by atoms with Crippen LogP contribution in [0, 0.1) is 5.92 Å². The molecular weight excluding hydrogens is 250 g/mol. The van der Waals surface area contributed by atoms with Gasteiger partial charge in [-0.05, 0) is 18.9 Å². The Morgan fingerprint density at radius 1 is 1.56 bits per heavy atom. The molecule has 1 unspecified atom stereocenters. The third-order valence-electron chi connectivity index (χ3n) is 3.12. The molecule has 1 aromatic heterocycles. The van der Waals surface area contributed by atoms with Crippen molar-refractivity contribution in [1.82, 2.24) is 15.1 Å². The maximum atomic E-state index is 11.4. The third kappa shape index (κ3) is 3.55. The van der Waals surface area contributed by atoms with Crippen LogP contribution in [0.25, 0.3) is 0 Å². The van der Waals surface area contributed by atoms with Crippen molar-refractivity contribution < 1.29 is 8.42 Å². The van der Waals surface area contributed by atoms with Crippen LogP contribution in [0.2, 0.25) is 0 Å². The fourth-order valence-corrected chi connectivity index (χ4v) is 3.86. The maximum absolute atomic E-state index is 11.4. The Morgan fingerprint density at radius 3 is 2.94 bits per heavy atom. The number of aromatic nitrogens is 2. The van der Waals surface area contributed by atoms with Crippen LogP contribution < -0.4 is 5.32 Å². The van der Waals surface area contributed by atoms with Gasteiger partial charge in [0.1, 0.15) is 0 Å². The van der Waals surface area contributed by atoms with Crippen LogP contribution in [0.15, 0.2) is 12.4 Å². The Hall–Kier alpha value is -0.880. The highest BCUT2D eigenvalue weighted by Gasteiger charge is 2.29. The Kier molecular flexibility index (Phi) is 4.07. The van der Waals surface area contributed by atoms with Gasteiger partial charge >= 0.3 is 0 Å². The van der Waals surface area contributed by atoms with Crippen LogP contribution >= 0.6 is 0 Å². The summed E-state index contributed by atoms with van der Waals surface area (Å²) in [4.78, 5) is 0. The zero-order chi connectivity index (χ0) is 13.2. The third-order valence-corrected chi connectivity index (χ3v) is 4.87. The molecular formula is C12H21N3O2S. The molecule has 6 heteroatoms. The predicted octanol–water partition coefficient (Wildman–Crippen LogP) is 0.988. The van der Waals surface area contributed by atoms with Gasteiger partial charge in [0, 0.05) is 18.3 Å². The lowest BCUT2D eigenvalue weighted by Crippen LogP contribution is -2.18. The fourth-order valence-electron chi connectivity index (χ4n) is 2.16. The van der Waals surface area contributed by atoms with E-state index in [9.17, 15) is 8.42 Å².